The predicted molar refractivity (Wildman–Crippen MR) is 71.6 cm³/mol. The Hall–Kier alpha value is -1.81. The van der Waals surface area contributed by atoms with Gasteiger partial charge in [0.25, 0.3) is 0 Å². The van der Waals surface area contributed by atoms with E-state index in [0.29, 0.717) is 6.04 Å². The minimum Gasteiger partial charge on any atom is -0.497 e. The summed E-state index contributed by atoms with van der Waals surface area (Å²) in [6.07, 6.45) is 1.79. The van der Waals surface area contributed by atoms with Gasteiger partial charge in [-0.15, -0.1) is 0 Å². The fourth-order valence-electron chi connectivity index (χ4n) is 2.01. The Labute approximate surface area is 107 Å². The van der Waals surface area contributed by atoms with Gasteiger partial charge in [0.2, 0.25) is 0 Å². The number of methoxy groups -OCH3 is 1. The topological polar surface area (TPSA) is 53.1 Å². The van der Waals surface area contributed by atoms with Crippen LogP contribution in [0.3, 0.4) is 0 Å². The Morgan fingerprint density at radius 2 is 2.06 bits per heavy atom. The van der Waals surface area contributed by atoms with Gasteiger partial charge in [-0.2, -0.15) is 5.10 Å². The standard InChI is InChI=1S/C14H19N3O/c1-10(2)17-13(7-8-16-17)14(15)11-5-4-6-12(9-11)18-3/h4-10,14H,15H2,1-3H3. The van der Waals surface area contributed by atoms with Crippen molar-refractivity contribution in [3.8, 4) is 5.75 Å². The molecule has 1 atom stereocenters. The smallest absolute Gasteiger partial charge is 0.119 e. The molecular weight excluding hydrogens is 226 g/mol. The zero-order chi connectivity index (χ0) is 13.1. The van der Waals surface area contributed by atoms with Crippen molar-refractivity contribution in [3.63, 3.8) is 0 Å². The highest BCUT2D eigenvalue weighted by atomic mass is 16.5. The number of benzene rings is 1. The number of nitrogens with zero attached hydrogens (tertiary/aromatic N) is 2. The molecule has 0 saturated carbocycles. The summed E-state index contributed by atoms with van der Waals surface area (Å²) in [6.45, 7) is 4.18. The van der Waals surface area contributed by atoms with Crippen LogP contribution in [0.2, 0.25) is 0 Å². The molecule has 0 radical (unpaired) electrons. The highest BCUT2D eigenvalue weighted by molar-refractivity contribution is 5.34. The van der Waals surface area contributed by atoms with Crippen LogP contribution in [0, 0.1) is 0 Å². The Morgan fingerprint density at radius 3 is 2.72 bits per heavy atom. The second-order valence-corrected chi connectivity index (χ2v) is 4.55. The molecule has 2 N–H and O–H groups in total. The Kier molecular flexibility index (Phi) is 3.67. The van der Waals surface area contributed by atoms with E-state index < -0.39 is 0 Å². The molecule has 1 heterocycles. The van der Waals surface area contributed by atoms with Crippen LogP contribution in [-0.4, -0.2) is 16.9 Å². The molecule has 0 aliphatic carbocycles. The lowest BCUT2D eigenvalue weighted by atomic mass is 10.0. The number of aromatic nitrogens is 2. The molecule has 1 aromatic heterocycles. The molecule has 0 amide bonds. The van der Waals surface area contributed by atoms with Gasteiger partial charge in [-0.25, -0.2) is 0 Å². The summed E-state index contributed by atoms with van der Waals surface area (Å²) in [7, 11) is 1.66. The molecule has 0 aliphatic heterocycles. The first-order chi connectivity index (χ1) is 8.63. The van der Waals surface area contributed by atoms with Gasteiger partial charge in [0.1, 0.15) is 5.75 Å². The van der Waals surface area contributed by atoms with Crippen LogP contribution in [0.4, 0.5) is 0 Å². The number of hydrogen-bond acceptors (Lipinski definition) is 3. The van der Waals surface area contributed by atoms with Crippen molar-refractivity contribution in [2.75, 3.05) is 7.11 Å². The van der Waals surface area contributed by atoms with E-state index in [0.717, 1.165) is 17.0 Å². The highest BCUT2D eigenvalue weighted by Crippen LogP contribution is 2.24. The van der Waals surface area contributed by atoms with E-state index in [4.69, 9.17) is 10.5 Å². The first-order valence-corrected chi connectivity index (χ1v) is 6.06. The molecule has 0 saturated heterocycles. The zero-order valence-electron chi connectivity index (χ0n) is 11.0. The summed E-state index contributed by atoms with van der Waals surface area (Å²) in [5, 5.41) is 4.31. The van der Waals surface area contributed by atoms with Crippen LogP contribution in [-0.2, 0) is 0 Å². The monoisotopic (exact) mass is 245 g/mol. The zero-order valence-corrected chi connectivity index (χ0v) is 11.0. The first kappa shape index (κ1) is 12.6. The minimum absolute atomic E-state index is 0.190. The van der Waals surface area contributed by atoms with E-state index >= 15 is 0 Å². The van der Waals surface area contributed by atoms with E-state index in [1.54, 1.807) is 13.3 Å². The predicted octanol–water partition coefficient (Wildman–Crippen LogP) is 2.52. The summed E-state index contributed by atoms with van der Waals surface area (Å²) in [6, 6.07) is 9.90. The van der Waals surface area contributed by atoms with Crippen molar-refractivity contribution in [1.82, 2.24) is 9.78 Å². The summed E-state index contributed by atoms with van der Waals surface area (Å²) in [5.41, 5.74) is 8.34. The van der Waals surface area contributed by atoms with Gasteiger partial charge in [0.15, 0.2) is 0 Å². The molecule has 18 heavy (non-hydrogen) atoms. The first-order valence-electron chi connectivity index (χ1n) is 6.06. The van der Waals surface area contributed by atoms with Crippen molar-refractivity contribution in [1.29, 1.82) is 0 Å². The van der Waals surface area contributed by atoms with Crippen molar-refractivity contribution >= 4 is 0 Å². The minimum atomic E-state index is -0.190. The fourth-order valence-corrected chi connectivity index (χ4v) is 2.01. The molecule has 0 spiro atoms. The van der Waals surface area contributed by atoms with Crippen LogP contribution < -0.4 is 10.5 Å². The molecule has 2 rings (SSSR count). The van der Waals surface area contributed by atoms with Gasteiger partial charge in [0, 0.05) is 12.2 Å². The molecular formula is C14H19N3O. The second kappa shape index (κ2) is 5.23. The molecule has 4 heteroatoms. The van der Waals surface area contributed by atoms with Crippen molar-refractivity contribution < 1.29 is 4.74 Å². The molecule has 96 valence electrons. The van der Waals surface area contributed by atoms with E-state index in [-0.39, 0.29) is 6.04 Å². The fraction of sp³-hybridized carbons (Fsp3) is 0.357. The van der Waals surface area contributed by atoms with Gasteiger partial charge in [-0.3, -0.25) is 4.68 Å². The number of ether oxygens (including phenoxy) is 1. The van der Waals surface area contributed by atoms with Gasteiger partial charge in [-0.1, -0.05) is 12.1 Å². The average Bonchev–Trinajstić information content (AvgIpc) is 2.87. The largest absolute Gasteiger partial charge is 0.497 e. The molecule has 0 bridgehead atoms. The lowest BCUT2D eigenvalue weighted by Gasteiger charge is -2.17. The third-order valence-electron chi connectivity index (χ3n) is 2.96. The molecule has 0 fully saturated rings. The van der Waals surface area contributed by atoms with Crippen LogP contribution in [0.5, 0.6) is 5.75 Å². The van der Waals surface area contributed by atoms with Gasteiger partial charge in [-0.05, 0) is 37.6 Å². The molecule has 0 aliphatic rings. The SMILES string of the molecule is COc1cccc(C(N)c2ccnn2C(C)C)c1. The maximum Gasteiger partial charge on any atom is 0.119 e. The van der Waals surface area contributed by atoms with Gasteiger partial charge in [0.05, 0.1) is 18.8 Å². The summed E-state index contributed by atoms with van der Waals surface area (Å²) < 4.78 is 7.17. The number of rotatable bonds is 4. The number of nitrogens with two attached hydrogens (primary N) is 1. The van der Waals surface area contributed by atoms with Gasteiger partial charge < -0.3 is 10.5 Å². The molecule has 4 nitrogen and oxygen atoms in total. The van der Waals surface area contributed by atoms with Crippen LogP contribution in [0.15, 0.2) is 36.5 Å². The normalized spacial score (nSPS) is 12.7. The summed E-state index contributed by atoms with van der Waals surface area (Å²) in [5.74, 6) is 0.818. The lowest BCUT2D eigenvalue weighted by molar-refractivity contribution is 0.414. The molecule has 2 aromatic rings. The molecule has 1 aromatic carbocycles. The highest BCUT2D eigenvalue weighted by Gasteiger charge is 2.15. The lowest BCUT2D eigenvalue weighted by Crippen LogP contribution is -2.18. The van der Waals surface area contributed by atoms with E-state index in [2.05, 4.69) is 18.9 Å². The maximum absolute atomic E-state index is 6.31. The summed E-state index contributed by atoms with van der Waals surface area (Å²) >= 11 is 0. The Morgan fingerprint density at radius 1 is 1.28 bits per heavy atom. The van der Waals surface area contributed by atoms with E-state index in [1.807, 2.05) is 35.0 Å². The third kappa shape index (κ3) is 2.38. The maximum atomic E-state index is 6.31. The van der Waals surface area contributed by atoms with E-state index in [9.17, 15) is 0 Å². The summed E-state index contributed by atoms with van der Waals surface area (Å²) in [4.78, 5) is 0. The van der Waals surface area contributed by atoms with Crippen molar-refractivity contribution in [2.45, 2.75) is 25.9 Å². The van der Waals surface area contributed by atoms with Crippen molar-refractivity contribution in [2.24, 2.45) is 5.73 Å². The van der Waals surface area contributed by atoms with E-state index in [1.165, 1.54) is 0 Å². The average molecular weight is 245 g/mol. The Balaban J connectivity index is 2.35. The quantitative estimate of drug-likeness (QED) is 0.900. The van der Waals surface area contributed by atoms with Crippen LogP contribution >= 0.6 is 0 Å². The van der Waals surface area contributed by atoms with Gasteiger partial charge >= 0.3 is 0 Å². The number of hydrogen-bond donors (Lipinski definition) is 1. The van der Waals surface area contributed by atoms with Crippen LogP contribution in [0.25, 0.3) is 0 Å². The van der Waals surface area contributed by atoms with Crippen LogP contribution in [0.1, 0.15) is 37.2 Å². The van der Waals surface area contributed by atoms with Crippen molar-refractivity contribution in [3.05, 3.63) is 47.8 Å². The Bertz CT molecular complexity index is 519. The third-order valence-corrected chi connectivity index (χ3v) is 2.96. The second-order valence-electron chi connectivity index (χ2n) is 4.55. The molecule has 1 unspecified atom stereocenters.